The van der Waals surface area contributed by atoms with Crippen molar-refractivity contribution in [3.8, 4) is 0 Å². The molecule has 0 radical (unpaired) electrons. The molecule has 0 bridgehead atoms. The van der Waals surface area contributed by atoms with Crippen LogP contribution in [0.2, 0.25) is 6.04 Å². The monoisotopic (exact) mass is 144 g/mol. The minimum absolute atomic E-state index is 0.717. The molecule has 1 fully saturated rings. The van der Waals surface area contributed by atoms with Gasteiger partial charge in [0.15, 0.2) is 0 Å². The van der Waals surface area contributed by atoms with Gasteiger partial charge in [0, 0.05) is 6.61 Å². The third kappa shape index (κ3) is 1.64. The van der Waals surface area contributed by atoms with Crippen LogP contribution in [-0.2, 0) is 4.43 Å². The second-order valence-electron chi connectivity index (χ2n) is 2.35. The molecule has 1 atom stereocenters. The smallest absolute Gasteiger partial charge is 0.361 e. The molecule has 9 heavy (non-hydrogen) atoms. The van der Waals surface area contributed by atoms with E-state index in [9.17, 15) is 4.80 Å². The first-order valence-corrected chi connectivity index (χ1v) is 5.41. The van der Waals surface area contributed by atoms with E-state index in [4.69, 9.17) is 4.43 Å². The average molecular weight is 144 g/mol. The zero-order valence-electron chi connectivity index (χ0n) is 5.47. The maximum absolute atomic E-state index is 9.48. The topological polar surface area (TPSA) is 29.5 Å². The minimum atomic E-state index is -2.35. The summed E-state index contributed by atoms with van der Waals surface area (Å²) in [5.41, 5.74) is 1.60. The van der Waals surface area contributed by atoms with Gasteiger partial charge in [-0.25, -0.2) is 0 Å². The summed E-state index contributed by atoms with van der Waals surface area (Å²) in [6, 6.07) is 0.830. The standard InChI is InChI=1S/C6H12O2Si/c1-2-9(7)6-4-3-5-8-9/h2,7H,1,3-6H2. The van der Waals surface area contributed by atoms with E-state index in [0.717, 1.165) is 25.5 Å². The SMILES string of the molecule is C=C[Si]1(O)CCCCO1. The van der Waals surface area contributed by atoms with Crippen molar-refractivity contribution >= 4 is 8.56 Å². The first kappa shape index (κ1) is 6.99. The maximum Gasteiger partial charge on any atom is 0.361 e. The van der Waals surface area contributed by atoms with Crippen molar-refractivity contribution in [1.29, 1.82) is 0 Å². The van der Waals surface area contributed by atoms with Crippen LogP contribution in [0.1, 0.15) is 12.8 Å². The molecule has 1 aliphatic rings. The second-order valence-corrected chi connectivity index (χ2v) is 5.24. The molecule has 0 aromatic heterocycles. The van der Waals surface area contributed by atoms with Crippen LogP contribution >= 0.6 is 0 Å². The average Bonchev–Trinajstić information content (AvgIpc) is 1.90. The van der Waals surface area contributed by atoms with Gasteiger partial charge >= 0.3 is 8.56 Å². The van der Waals surface area contributed by atoms with Crippen LogP contribution in [0.3, 0.4) is 0 Å². The predicted octanol–water partition coefficient (Wildman–Crippen LogP) is 0.956. The van der Waals surface area contributed by atoms with Crippen molar-refractivity contribution in [2.75, 3.05) is 6.61 Å². The van der Waals surface area contributed by atoms with E-state index < -0.39 is 8.56 Å². The first-order valence-electron chi connectivity index (χ1n) is 3.27. The summed E-state index contributed by atoms with van der Waals surface area (Å²) in [7, 11) is -2.35. The zero-order chi connectivity index (χ0) is 6.74. The zero-order valence-corrected chi connectivity index (χ0v) is 6.47. The summed E-state index contributed by atoms with van der Waals surface area (Å²) in [6.45, 7) is 4.26. The van der Waals surface area contributed by atoms with Crippen LogP contribution < -0.4 is 0 Å². The second kappa shape index (κ2) is 2.64. The Morgan fingerprint density at radius 3 is 2.67 bits per heavy atom. The fourth-order valence-corrected chi connectivity index (χ4v) is 2.68. The van der Waals surface area contributed by atoms with Crippen LogP contribution in [0.15, 0.2) is 12.3 Å². The van der Waals surface area contributed by atoms with E-state index in [1.54, 1.807) is 5.70 Å². The molecule has 0 saturated carbocycles. The van der Waals surface area contributed by atoms with E-state index in [1.165, 1.54) is 0 Å². The van der Waals surface area contributed by atoms with Gasteiger partial charge in [-0.1, -0.05) is 0 Å². The van der Waals surface area contributed by atoms with E-state index in [-0.39, 0.29) is 0 Å². The molecule has 1 saturated heterocycles. The molecular formula is C6H12O2Si. The Morgan fingerprint density at radius 2 is 2.33 bits per heavy atom. The van der Waals surface area contributed by atoms with Crippen molar-refractivity contribution in [2.24, 2.45) is 0 Å². The Balaban J connectivity index is 2.46. The molecule has 0 spiro atoms. The fourth-order valence-electron chi connectivity index (χ4n) is 0.962. The van der Waals surface area contributed by atoms with Gasteiger partial charge in [0.05, 0.1) is 0 Å². The highest BCUT2D eigenvalue weighted by Gasteiger charge is 2.31. The van der Waals surface area contributed by atoms with E-state index >= 15 is 0 Å². The van der Waals surface area contributed by atoms with Crippen LogP contribution in [0, 0.1) is 0 Å². The van der Waals surface area contributed by atoms with Gasteiger partial charge in [-0.15, -0.1) is 6.58 Å². The van der Waals surface area contributed by atoms with Gasteiger partial charge < -0.3 is 9.22 Å². The normalized spacial score (nSPS) is 36.1. The highest BCUT2D eigenvalue weighted by Crippen LogP contribution is 2.18. The lowest BCUT2D eigenvalue weighted by Gasteiger charge is -2.25. The molecule has 0 amide bonds. The number of hydrogen-bond donors (Lipinski definition) is 1. The van der Waals surface area contributed by atoms with Crippen molar-refractivity contribution < 1.29 is 9.22 Å². The van der Waals surface area contributed by atoms with E-state index in [1.807, 2.05) is 0 Å². The molecule has 0 aliphatic carbocycles. The highest BCUT2D eigenvalue weighted by molar-refractivity contribution is 6.71. The number of rotatable bonds is 1. The highest BCUT2D eigenvalue weighted by atomic mass is 28.4. The van der Waals surface area contributed by atoms with Crippen LogP contribution in [-0.4, -0.2) is 20.0 Å². The first-order chi connectivity index (χ1) is 4.27. The van der Waals surface area contributed by atoms with Crippen molar-refractivity contribution in [2.45, 2.75) is 18.9 Å². The Kier molecular flexibility index (Phi) is 2.05. The molecule has 3 heteroatoms. The van der Waals surface area contributed by atoms with Crippen LogP contribution in [0.5, 0.6) is 0 Å². The van der Waals surface area contributed by atoms with Crippen molar-refractivity contribution in [3.05, 3.63) is 12.3 Å². The summed E-state index contributed by atoms with van der Waals surface area (Å²) < 4.78 is 5.19. The largest absolute Gasteiger partial charge is 0.408 e. The van der Waals surface area contributed by atoms with Gasteiger partial charge in [0.1, 0.15) is 0 Å². The van der Waals surface area contributed by atoms with E-state index in [0.29, 0.717) is 0 Å². The lowest BCUT2D eigenvalue weighted by Crippen LogP contribution is -2.39. The third-order valence-corrected chi connectivity index (χ3v) is 4.01. The minimum Gasteiger partial charge on any atom is -0.408 e. The summed E-state index contributed by atoms with van der Waals surface area (Å²) in [5.74, 6) is 0. The lowest BCUT2D eigenvalue weighted by molar-refractivity contribution is 0.213. The molecule has 1 rings (SSSR count). The lowest BCUT2D eigenvalue weighted by atomic mass is 10.4. The summed E-state index contributed by atoms with van der Waals surface area (Å²) >= 11 is 0. The third-order valence-electron chi connectivity index (χ3n) is 1.60. The van der Waals surface area contributed by atoms with Crippen molar-refractivity contribution in [1.82, 2.24) is 0 Å². The Bertz CT molecular complexity index is 108. The fraction of sp³-hybridized carbons (Fsp3) is 0.667. The molecule has 1 aliphatic heterocycles. The molecule has 0 aromatic carbocycles. The quantitative estimate of drug-likeness (QED) is 0.555. The molecule has 2 nitrogen and oxygen atoms in total. The Morgan fingerprint density at radius 1 is 1.56 bits per heavy atom. The molecule has 0 aromatic rings. The van der Waals surface area contributed by atoms with Crippen LogP contribution in [0.25, 0.3) is 0 Å². The summed E-state index contributed by atoms with van der Waals surface area (Å²) in [4.78, 5) is 9.48. The molecule has 1 N–H and O–H groups in total. The van der Waals surface area contributed by atoms with Crippen molar-refractivity contribution in [3.63, 3.8) is 0 Å². The van der Waals surface area contributed by atoms with Gasteiger partial charge in [0.2, 0.25) is 0 Å². The van der Waals surface area contributed by atoms with Gasteiger partial charge in [0.25, 0.3) is 0 Å². The molecular weight excluding hydrogens is 132 g/mol. The molecule has 52 valence electrons. The van der Waals surface area contributed by atoms with Crippen LogP contribution in [0.4, 0.5) is 0 Å². The molecule has 1 heterocycles. The summed E-state index contributed by atoms with van der Waals surface area (Å²) in [6.07, 6.45) is 2.18. The summed E-state index contributed by atoms with van der Waals surface area (Å²) in [5, 5.41) is 0. The molecule has 1 unspecified atom stereocenters. The van der Waals surface area contributed by atoms with Gasteiger partial charge in [-0.2, -0.15) is 0 Å². The number of hydrogen-bond acceptors (Lipinski definition) is 2. The predicted molar refractivity (Wildman–Crippen MR) is 38.2 cm³/mol. The van der Waals surface area contributed by atoms with Gasteiger partial charge in [-0.3, -0.25) is 0 Å². The Hall–Kier alpha value is -0.123. The Labute approximate surface area is 56.4 Å². The van der Waals surface area contributed by atoms with E-state index in [2.05, 4.69) is 6.58 Å². The maximum atomic E-state index is 9.48. The van der Waals surface area contributed by atoms with Gasteiger partial charge in [-0.05, 0) is 24.6 Å².